The molecule has 1 N–H and O–H groups in total. The van der Waals surface area contributed by atoms with Crippen molar-refractivity contribution in [1.82, 2.24) is 9.88 Å². The third-order valence-electron chi connectivity index (χ3n) is 5.78. The zero-order valence-corrected chi connectivity index (χ0v) is 21.0. The molecule has 4 rings (SSSR count). The van der Waals surface area contributed by atoms with E-state index in [2.05, 4.69) is 34.4 Å². The van der Waals surface area contributed by atoms with Crippen LogP contribution in [0.2, 0.25) is 0 Å². The molecular formula is C28H29N3O3S. The maximum absolute atomic E-state index is 13.2. The largest absolute Gasteiger partial charge is 0.466 e. The molecule has 0 bridgehead atoms. The van der Waals surface area contributed by atoms with Gasteiger partial charge in [0.1, 0.15) is 5.01 Å². The molecule has 3 aromatic rings. The average Bonchev–Trinajstić information content (AvgIpc) is 3.51. The smallest absolute Gasteiger partial charge is 0.335 e. The van der Waals surface area contributed by atoms with Crippen molar-refractivity contribution in [2.45, 2.75) is 26.3 Å². The van der Waals surface area contributed by atoms with E-state index in [0.717, 1.165) is 21.8 Å². The number of hydrogen-bond acceptors (Lipinski definition) is 6. The molecule has 180 valence electrons. The Morgan fingerprint density at radius 1 is 1.09 bits per heavy atom. The minimum atomic E-state index is -0.466. The number of amides is 1. The summed E-state index contributed by atoms with van der Waals surface area (Å²) in [6.45, 7) is 5.65. The SMILES string of the molecule is COC(=O)C1=C(C(=O)Nc2cccc(C=Cc3nc(C(C)C)cs3)c2)CN(Cc2ccccc2)C1. The van der Waals surface area contributed by atoms with E-state index in [-0.39, 0.29) is 5.91 Å². The molecule has 2 heterocycles. The summed E-state index contributed by atoms with van der Waals surface area (Å²) in [7, 11) is 1.34. The number of anilines is 1. The minimum absolute atomic E-state index is 0.288. The highest BCUT2D eigenvalue weighted by molar-refractivity contribution is 7.10. The predicted molar refractivity (Wildman–Crippen MR) is 141 cm³/mol. The van der Waals surface area contributed by atoms with Gasteiger partial charge in [-0.05, 0) is 35.3 Å². The lowest BCUT2D eigenvalue weighted by Gasteiger charge is -2.16. The van der Waals surface area contributed by atoms with Crippen molar-refractivity contribution < 1.29 is 14.3 Å². The molecule has 0 fully saturated rings. The first kappa shape index (κ1) is 24.6. The molecule has 7 heteroatoms. The molecular weight excluding hydrogens is 458 g/mol. The van der Waals surface area contributed by atoms with Crippen LogP contribution in [0, 0.1) is 0 Å². The Labute approximate surface area is 210 Å². The number of rotatable bonds is 8. The van der Waals surface area contributed by atoms with Crippen molar-refractivity contribution >= 4 is 41.1 Å². The number of aromatic nitrogens is 1. The normalized spacial score (nSPS) is 14.2. The van der Waals surface area contributed by atoms with Crippen LogP contribution in [0.15, 0.2) is 71.1 Å². The first-order valence-electron chi connectivity index (χ1n) is 11.5. The number of carbonyl (C=O) groups excluding carboxylic acids is 2. The van der Waals surface area contributed by atoms with Crippen LogP contribution in [-0.4, -0.2) is 42.0 Å². The van der Waals surface area contributed by atoms with E-state index in [9.17, 15) is 9.59 Å². The fourth-order valence-electron chi connectivity index (χ4n) is 3.90. The number of hydrogen-bond donors (Lipinski definition) is 1. The Kier molecular flexibility index (Phi) is 7.90. The second-order valence-electron chi connectivity index (χ2n) is 8.76. The molecule has 0 atom stereocenters. The van der Waals surface area contributed by atoms with Gasteiger partial charge in [0.05, 0.1) is 18.4 Å². The standard InChI is InChI=1S/C28H29N3O3S/c1-19(2)25-18-35-26(30-25)13-12-20-10-7-11-22(14-20)29-27(32)23-16-31(17-24(23)28(33)34-3)15-21-8-5-4-6-9-21/h4-14,18-19H,15-17H2,1-3H3,(H,29,32). The van der Waals surface area contributed by atoms with E-state index < -0.39 is 5.97 Å². The van der Waals surface area contributed by atoms with E-state index >= 15 is 0 Å². The van der Waals surface area contributed by atoms with Crippen LogP contribution < -0.4 is 5.32 Å². The summed E-state index contributed by atoms with van der Waals surface area (Å²) >= 11 is 1.61. The molecule has 1 aromatic heterocycles. The Balaban J connectivity index is 1.46. The van der Waals surface area contributed by atoms with Gasteiger partial charge in [0.15, 0.2) is 0 Å². The first-order valence-corrected chi connectivity index (χ1v) is 12.4. The van der Waals surface area contributed by atoms with Crippen molar-refractivity contribution in [2.75, 3.05) is 25.5 Å². The molecule has 0 aliphatic carbocycles. The number of benzene rings is 2. The molecule has 0 saturated heterocycles. The Morgan fingerprint density at radius 2 is 1.86 bits per heavy atom. The van der Waals surface area contributed by atoms with E-state index in [0.29, 0.717) is 42.4 Å². The number of nitrogens with zero attached hydrogens (tertiary/aromatic N) is 2. The maximum atomic E-state index is 13.2. The Bertz CT molecular complexity index is 1260. The molecule has 1 aliphatic heterocycles. The van der Waals surface area contributed by atoms with Crippen LogP contribution >= 0.6 is 11.3 Å². The molecule has 0 unspecified atom stereocenters. The van der Waals surface area contributed by atoms with Gasteiger partial charge in [0.2, 0.25) is 0 Å². The lowest BCUT2D eigenvalue weighted by atomic mass is 10.1. The zero-order chi connectivity index (χ0) is 24.8. The van der Waals surface area contributed by atoms with Crippen LogP contribution in [0.1, 0.15) is 41.6 Å². The van der Waals surface area contributed by atoms with Crippen LogP contribution in [0.5, 0.6) is 0 Å². The summed E-state index contributed by atoms with van der Waals surface area (Å²) in [5, 5.41) is 5.98. The third-order valence-corrected chi connectivity index (χ3v) is 6.60. The summed E-state index contributed by atoms with van der Waals surface area (Å²) < 4.78 is 4.96. The highest BCUT2D eigenvalue weighted by atomic mass is 32.1. The Hall–Kier alpha value is -3.55. The number of thiazole rings is 1. The summed E-state index contributed by atoms with van der Waals surface area (Å²) in [5.41, 5.74) is 4.67. The van der Waals surface area contributed by atoms with Crippen molar-refractivity contribution in [3.05, 3.63) is 93.0 Å². The highest BCUT2D eigenvalue weighted by Crippen LogP contribution is 2.24. The maximum Gasteiger partial charge on any atom is 0.335 e. The van der Waals surface area contributed by atoms with Gasteiger partial charge in [-0.25, -0.2) is 9.78 Å². The Morgan fingerprint density at radius 3 is 2.57 bits per heavy atom. The molecule has 0 saturated carbocycles. The summed E-state index contributed by atoms with van der Waals surface area (Å²) in [6, 6.07) is 17.6. The first-order chi connectivity index (χ1) is 16.9. The fraction of sp³-hybridized carbons (Fsp3) is 0.250. The topological polar surface area (TPSA) is 71.5 Å². The molecule has 1 amide bonds. The zero-order valence-electron chi connectivity index (χ0n) is 20.2. The van der Waals surface area contributed by atoms with Crippen molar-refractivity contribution in [3.63, 3.8) is 0 Å². The molecule has 2 aromatic carbocycles. The molecule has 0 spiro atoms. The van der Waals surface area contributed by atoms with Crippen LogP contribution in [-0.2, 0) is 20.9 Å². The average molecular weight is 488 g/mol. The van der Waals surface area contributed by atoms with E-state index in [1.807, 2.05) is 66.7 Å². The summed E-state index contributed by atoms with van der Waals surface area (Å²) in [5.74, 6) is -0.356. The van der Waals surface area contributed by atoms with E-state index in [1.165, 1.54) is 7.11 Å². The van der Waals surface area contributed by atoms with Crippen LogP contribution in [0.3, 0.4) is 0 Å². The second kappa shape index (κ2) is 11.3. The highest BCUT2D eigenvalue weighted by Gasteiger charge is 2.31. The number of nitrogens with one attached hydrogen (secondary N) is 1. The number of carbonyl (C=O) groups is 2. The van der Waals surface area contributed by atoms with Crippen molar-refractivity contribution in [3.8, 4) is 0 Å². The number of methoxy groups -OCH3 is 1. The lowest BCUT2D eigenvalue weighted by Crippen LogP contribution is -2.24. The van der Waals surface area contributed by atoms with Crippen LogP contribution in [0.25, 0.3) is 12.2 Å². The fourth-order valence-corrected chi connectivity index (χ4v) is 4.77. The van der Waals surface area contributed by atoms with Gasteiger partial charge < -0.3 is 10.1 Å². The van der Waals surface area contributed by atoms with Gasteiger partial charge in [-0.1, -0.05) is 62.4 Å². The van der Waals surface area contributed by atoms with Gasteiger partial charge in [-0.15, -0.1) is 11.3 Å². The lowest BCUT2D eigenvalue weighted by molar-refractivity contribution is -0.136. The monoisotopic (exact) mass is 487 g/mol. The quantitative estimate of drug-likeness (QED) is 0.433. The number of esters is 1. The van der Waals surface area contributed by atoms with E-state index in [4.69, 9.17) is 4.74 Å². The van der Waals surface area contributed by atoms with Crippen molar-refractivity contribution in [1.29, 1.82) is 0 Å². The number of ether oxygens (including phenoxy) is 1. The van der Waals surface area contributed by atoms with Gasteiger partial charge >= 0.3 is 5.97 Å². The van der Waals surface area contributed by atoms with Gasteiger partial charge in [-0.3, -0.25) is 9.69 Å². The predicted octanol–water partition coefficient (Wildman–Crippen LogP) is 5.36. The van der Waals surface area contributed by atoms with Gasteiger partial charge in [0, 0.05) is 36.3 Å². The molecule has 0 radical (unpaired) electrons. The summed E-state index contributed by atoms with van der Waals surface area (Å²) in [4.78, 5) is 32.3. The van der Waals surface area contributed by atoms with Crippen molar-refractivity contribution in [2.24, 2.45) is 0 Å². The third kappa shape index (κ3) is 6.32. The van der Waals surface area contributed by atoms with E-state index in [1.54, 1.807) is 11.3 Å². The van der Waals surface area contributed by atoms with Gasteiger partial charge in [-0.2, -0.15) is 0 Å². The molecule has 35 heavy (non-hydrogen) atoms. The summed E-state index contributed by atoms with van der Waals surface area (Å²) in [6.07, 6.45) is 3.96. The molecule has 6 nitrogen and oxygen atoms in total. The minimum Gasteiger partial charge on any atom is -0.466 e. The van der Waals surface area contributed by atoms with Crippen LogP contribution in [0.4, 0.5) is 5.69 Å². The molecule has 1 aliphatic rings. The van der Waals surface area contributed by atoms with Gasteiger partial charge in [0.25, 0.3) is 5.91 Å². The second-order valence-corrected chi connectivity index (χ2v) is 9.65.